The Labute approximate surface area is 117 Å². The molecule has 0 unspecified atom stereocenters. The van der Waals surface area contributed by atoms with Crippen LogP contribution in [0.1, 0.15) is 32.3 Å². The van der Waals surface area contributed by atoms with Crippen molar-refractivity contribution in [3.05, 3.63) is 29.8 Å². The molecule has 110 valence electrons. The van der Waals surface area contributed by atoms with Crippen molar-refractivity contribution in [2.24, 2.45) is 0 Å². The fraction of sp³-hybridized carbons (Fsp3) is 0.533. The summed E-state index contributed by atoms with van der Waals surface area (Å²) in [5.41, 5.74) is 0.808. The van der Waals surface area contributed by atoms with Gasteiger partial charge in [-0.15, -0.1) is 0 Å². The molecule has 0 spiro atoms. The highest BCUT2D eigenvalue weighted by Gasteiger charge is 2.33. The minimum atomic E-state index is -2.83. The van der Waals surface area contributed by atoms with Gasteiger partial charge < -0.3 is 9.64 Å². The number of hydrogen-bond donors (Lipinski definition) is 0. The average molecular weight is 283 g/mol. The standard InChI is InChI=1S/C15H19F2NO2/c1-10(2)18(12-5-6-12)14(19)9-11-3-7-13(8-4-11)20-15(16)17/h3-4,7-8,10,12,15H,5-6,9H2,1-2H3. The largest absolute Gasteiger partial charge is 0.435 e. The van der Waals surface area contributed by atoms with Crippen LogP contribution in [0.25, 0.3) is 0 Å². The van der Waals surface area contributed by atoms with E-state index in [1.165, 1.54) is 12.1 Å². The summed E-state index contributed by atoms with van der Waals surface area (Å²) in [7, 11) is 0. The summed E-state index contributed by atoms with van der Waals surface area (Å²) in [6.07, 6.45) is 2.44. The minimum Gasteiger partial charge on any atom is -0.435 e. The monoisotopic (exact) mass is 283 g/mol. The third kappa shape index (κ3) is 3.92. The second-order valence-electron chi connectivity index (χ2n) is 5.33. The molecule has 1 aliphatic rings. The Morgan fingerprint density at radius 2 is 1.90 bits per heavy atom. The van der Waals surface area contributed by atoms with Gasteiger partial charge in [-0.05, 0) is 44.4 Å². The van der Waals surface area contributed by atoms with Crippen molar-refractivity contribution in [1.82, 2.24) is 4.90 Å². The number of alkyl halides is 2. The average Bonchev–Trinajstić information content (AvgIpc) is 3.15. The lowest BCUT2D eigenvalue weighted by Crippen LogP contribution is -2.39. The van der Waals surface area contributed by atoms with Gasteiger partial charge in [0.25, 0.3) is 0 Å². The Kier molecular flexibility index (Phi) is 4.57. The number of amides is 1. The van der Waals surface area contributed by atoms with Gasteiger partial charge in [0.1, 0.15) is 5.75 Å². The molecular weight excluding hydrogens is 264 g/mol. The summed E-state index contributed by atoms with van der Waals surface area (Å²) in [4.78, 5) is 14.2. The van der Waals surface area contributed by atoms with E-state index in [2.05, 4.69) is 4.74 Å². The molecule has 2 rings (SSSR count). The molecule has 1 aromatic rings. The number of carbonyl (C=O) groups is 1. The van der Waals surface area contributed by atoms with Crippen LogP contribution in [0.3, 0.4) is 0 Å². The maximum atomic E-state index is 12.3. The summed E-state index contributed by atoms with van der Waals surface area (Å²) < 4.78 is 28.4. The van der Waals surface area contributed by atoms with E-state index in [-0.39, 0.29) is 17.7 Å². The number of hydrogen-bond acceptors (Lipinski definition) is 2. The molecule has 0 saturated heterocycles. The summed E-state index contributed by atoms with van der Waals surface area (Å²) in [5, 5.41) is 0. The first-order valence-electron chi connectivity index (χ1n) is 6.82. The van der Waals surface area contributed by atoms with Crippen LogP contribution in [0.4, 0.5) is 8.78 Å². The summed E-state index contributed by atoms with van der Waals surface area (Å²) in [6, 6.07) is 6.81. The Morgan fingerprint density at radius 3 is 2.35 bits per heavy atom. The molecule has 0 radical (unpaired) electrons. The molecular formula is C15H19F2NO2. The van der Waals surface area contributed by atoms with Crippen molar-refractivity contribution in [2.45, 2.75) is 51.8 Å². The Hall–Kier alpha value is -1.65. The van der Waals surface area contributed by atoms with Crippen LogP contribution < -0.4 is 4.74 Å². The lowest BCUT2D eigenvalue weighted by molar-refractivity contribution is -0.132. The number of rotatable bonds is 6. The summed E-state index contributed by atoms with van der Waals surface area (Å²) >= 11 is 0. The smallest absolute Gasteiger partial charge is 0.387 e. The van der Waals surface area contributed by atoms with Crippen molar-refractivity contribution in [3.8, 4) is 5.75 Å². The highest BCUT2D eigenvalue weighted by molar-refractivity contribution is 5.79. The molecule has 1 saturated carbocycles. The highest BCUT2D eigenvalue weighted by Crippen LogP contribution is 2.29. The molecule has 1 aliphatic carbocycles. The van der Waals surface area contributed by atoms with Crippen LogP contribution in [-0.2, 0) is 11.2 Å². The molecule has 1 aromatic carbocycles. The summed E-state index contributed by atoms with van der Waals surface area (Å²) in [6.45, 7) is 1.19. The van der Waals surface area contributed by atoms with Gasteiger partial charge in [0.2, 0.25) is 5.91 Å². The van der Waals surface area contributed by atoms with E-state index in [0.29, 0.717) is 12.5 Å². The second kappa shape index (κ2) is 6.20. The van der Waals surface area contributed by atoms with Crippen molar-refractivity contribution in [2.75, 3.05) is 0 Å². The Balaban J connectivity index is 1.96. The lowest BCUT2D eigenvalue weighted by atomic mass is 10.1. The first kappa shape index (κ1) is 14.8. The molecule has 0 atom stereocenters. The van der Waals surface area contributed by atoms with Gasteiger partial charge in [0.05, 0.1) is 6.42 Å². The molecule has 1 amide bonds. The predicted octanol–water partition coefficient (Wildman–Crippen LogP) is 3.23. The van der Waals surface area contributed by atoms with Crippen LogP contribution in [0.5, 0.6) is 5.75 Å². The zero-order chi connectivity index (χ0) is 14.7. The first-order chi connectivity index (χ1) is 9.47. The van der Waals surface area contributed by atoms with Crippen LogP contribution in [0, 0.1) is 0 Å². The SMILES string of the molecule is CC(C)N(C(=O)Cc1ccc(OC(F)F)cc1)C1CC1. The fourth-order valence-corrected chi connectivity index (χ4v) is 2.32. The van der Waals surface area contributed by atoms with Gasteiger partial charge in [-0.1, -0.05) is 12.1 Å². The van der Waals surface area contributed by atoms with Gasteiger partial charge in [-0.3, -0.25) is 4.79 Å². The van der Waals surface area contributed by atoms with Crippen molar-refractivity contribution in [1.29, 1.82) is 0 Å². The topological polar surface area (TPSA) is 29.5 Å². The van der Waals surface area contributed by atoms with Crippen molar-refractivity contribution in [3.63, 3.8) is 0 Å². The Bertz CT molecular complexity index is 453. The number of halogens is 2. The number of ether oxygens (including phenoxy) is 1. The summed E-state index contributed by atoms with van der Waals surface area (Å²) in [5.74, 6) is 0.198. The van der Waals surface area contributed by atoms with Gasteiger partial charge in [0, 0.05) is 12.1 Å². The molecule has 20 heavy (non-hydrogen) atoms. The quantitative estimate of drug-likeness (QED) is 0.802. The van der Waals surface area contributed by atoms with E-state index in [1.54, 1.807) is 12.1 Å². The maximum absolute atomic E-state index is 12.3. The molecule has 5 heteroatoms. The van der Waals surface area contributed by atoms with E-state index < -0.39 is 6.61 Å². The molecule has 0 aliphatic heterocycles. The van der Waals surface area contributed by atoms with Gasteiger partial charge in [-0.25, -0.2) is 0 Å². The zero-order valence-electron chi connectivity index (χ0n) is 11.7. The van der Waals surface area contributed by atoms with Crippen LogP contribution >= 0.6 is 0 Å². The van der Waals surface area contributed by atoms with E-state index >= 15 is 0 Å². The van der Waals surface area contributed by atoms with E-state index in [0.717, 1.165) is 18.4 Å². The van der Waals surface area contributed by atoms with Crippen molar-refractivity contribution >= 4 is 5.91 Å². The molecule has 0 aromatic heterocycles. The van der Waals surface area contributed by atoms with E-state index in [1.807, 2.05) is 18.7 Å². The minimum absolute atomic E-state index is 0.0880. The lowest BCUT2D eigenvalue weighted by Gasteiger charge is -2.26. The molecule has 0 N–H and O–H groups in total. The second-order valence-corrected chi connectivity index (χ2v) is 5.33. The Morgan fingerprint density at radius 1 is 1.30 bits per heavy atom. The molecule has 0 heterocycles. The fourth-order valence-electron chi connectivity index (χ4n) is 2.32. The number of benzene rings is 1. The van der Waals surface area contributed by atoms with E-state index in [4.69, 9.17) is 0 Å². The van der Waals surface area contributed by atoms with Gasteiger partial charge in [-0.2, -0.15) is 8.78 Å². The van der Waals surface area contributed by atoms with E-state index in [9.17, 15) is 13.6 Å². The molecule has 3 nitrogen and oxygen atoms in total. The predicted molar refractivity (Wildman–Crippen MR) is 71.8 cm³/mol. The maximum Gasteiger partial charge on any atom is 0.387 e. The third-order valence-corrected chi connectivity index (χ3v) is 3.29. The van der Waals surface area contributed by atoms with Crippen LogP contribution in [0.2, 0.25) is 0 Å². The normalized spacial score (nSPS) is 14.7. The first-order valence-corrected chi connectivity index (χ1v) is 6.82. The van der Waals surface area contributed by atoms with Crippen LogP contribution in [0.15, 0.2) is 24.3 Å². The van der Waals surface area contributed by atoms with Gasteiger partial charge >= 0.3 is 6.61 Å². The molecule has 1 fully saturated rings. The zero-order valence-corrected chi connectivity index (χ0v) is 11.7. The molecule has 0 bridgehead atoms. The highest BCUT2D eigenvalue weighted by atomic mass is 19.3. The van der Waals surface area contributed by atoms with Crippen LogP contribution in [-0.4, -0.2) is 29.5 Å². The third-order valence-electron chi connectivity index (χ3n) is 3.29. The van der Waals surface area contributed by atoms with Crippen molar-refractivity contribution < 1.29 is 18.3 Å². The van der Waals surface area contributed by atoms with Gasteiger partial charge in [0.15, 0.2) is 0 Å². The number of nitrogens with zero attached hydrogens (tertiary/aromatic N) is 1. The number of carbonyl (C=O) groups excluding carboxylic acids is 1.